The van der Waals surface area contributed by atoms with Crippen LogP contribution in [0, 0.1) is 0 Å². The van der Waals surface area contributed by atoms with Gasteiger partial charge in [-0.25, -0.2) is 0 Å². The van der Waals surface area contributed by atoms with Crippen molar-refractivity contribution in [3.05, 3.63) is 28.7 Å². The van der Waals surface area contributed by atoms with Gasteiger partial charge in [-0.05, 0) is 49.6 Å². The van der Waals surface area contributed by atoms with Crippen LogP contribution in [0.4, 0.5) is 5.69 Å². The Bertz CT molecular complexity index is 411. The molecule has 0 aromatic heterocycles. The van der Waals surface area contributed by atoms with Crippen LogP contribution >= 0.6 is 40.4 Å². The van der Waals surface area contributed by atoms with Gasteiger partial charge >= 0.3 is 0 Å². The highest BCUT2D eigenvalue weighted by molar-refractivity contribution is 9.10. The third-order valence-electron chi connectivity index (χ3n) is 1.71. The van der Waals surface area contributed by atoms with Gasteiger partial charge in [0.1, 0.15) is 0 Å². The molecule has 0 unspecified atom stereocenters. The first-order valence-corrected chi connectivity index (χ1v) is 6.59. The number of nitrogens with one attached hydrogen (secondary N) is 4. The first-order valence-electron chi connectivity index (χ1n) is 4.98. The zero-order valence-corrected chi connectivity index (χ0v) is 12.4. The molecule has 4 nitrogen and oxygen atoms in total. The summed E-state index contributed by atoms with van der Waals surface area (Å²) < 4.78 is 0.987. The number of anilines is 1. The third-order valence-corrected chi connectivity index (χ3v) is 2.65. The summed E-state index contributed by atoms with van der Waals surface area (Å²) in [4.78, 5) is 0. The van der Waals surface area contributed by atoms with Crippen LogP contribution in [-0.4, -0.2) is 16.8 Å². The number of hydrogen-bond acceptors (Lipinski definition) is 2. The molecule has 1 aromatic rings. The number of benzene rings is 1. The molecule has 7 heteroatoms. The van der Waals surface area contributed by atoms with E-state index in [1.54, 1.807) is 0 Å². The molecule has 0 aliphatic carbocycles. The van der Waals surface area contributed by atoms with Gasteiger partial charge < -0.3 is 10.6 Å². The highest BCUT2D eigenvalue weighted by atomic mass is 79.9. The molecular weight excluding hydrogens is 320 g/mol. The lowest BCUT2D eigenvalue weighted by atomic mass is 10.3. The van der Waals surface area contributed by atoms with Crippen LogP contribution in [0.1, 0.15) is 6.92 Å². The lowest BCUT2D eigenvalue weighted by molar-refractivity contribution is 0.825. The maximum Gasteiger partial charge on any atom is 0.189 e. The topological polar surface area (TPSA) is 48.1 Å². The summed E-state index contributed by atoms with van der Waals surface area (Å²) in [6.07, 6.45) is 0. The molecular formula is C10H13BrN4S2. The largest absolute Gasteiger partial charge is 0.362 e. The van der Waals surface area contributed by atoms with Gasteiger partial charge in [0.2, 0.25) is 0 Å². The molecule has 92 valence electrons. The molecule has 0 saturated carbocycles. The molecule has 0 aliphatic rings. The predicted octanol–water partition coefficient (Wildman–Crippen LogP) is 2.13. The lowest BCUT2D eigenvalue weighted by Crippen LogP contribution is -2.48. The van der Waals surface area contributed by atoms with Crippen LogP contribution in [0.2, 0.25) is 0 Å². The Morgan fingerprint density at radius 2 is 1.94 bits per heavy atom. The molecule has 0 fully saturated rings. The molecule has 0 atom stereocenters. The molecule has 0 saturated heterocycles. The van der Waals surface area contributed by atoms with Gasteiger partial charge in [-0.15, -0.1) is 0 Å². The third kappa shape index (κ3) is 5.81. The minimum atomic E-state index is 0.448. The standard InChI is InChI=1S/C10H13BrN4S2/c1-2-12-9(16)14-15-10(17)13-8-5-3-4-7(11)6-8/h3-6H,2H2,1H3,(H2,12,14,16)(H2,13,15,17). The fourth-order valence-corrected chi connectivity index (χ4v) is 1.81. The number of rotatable bonds is 2. The molecule has 4 N–H and O–H groups in total. The summed E-state index contributed by atoms with van der Waals surface area (Å²) in [5.41, 5.74) is 6.46. The minimum absolute atomic E-state index is 0.448. The molecule has 17 heavy (non-hydrogen) atoms. The van der Waals surface area contributed by atoms with E-state index in [2.05, 4.69) is 37.4 Å². The Morgan fingerprint density at radius 1 is 1.24 bits per heavy atom. The average Bonchev–Trinajstić information content (AvgIpc) is 2.27. The fraction of sp³-hybridized carbons (Fsp3) is 0.200. The Balaban J connectivity index is 2.37. The molecule has 0 spiro atoms. The Morgan fingerprint density at radius 3 is 2.59 bits per heavy atom. The number of hydrogen-bond donors (Lipinski definition) is 4. The smallest absolute Gasteiger partial charge is 0.189 e. The Hall–Kier alpha value is -0.920. The van der Waals surface area contributed by atoms with Crippen molar-refractivity contribution in [2.45, 2.75) is 6.92 Å². The molecule has 0 bridgehead atoms. The van der Waals surface area contributed by atoms with Crippen molar-refractivity contribution in [3.8, 4) is 0 Å². The van der Waals surface area contributed by atoms with Crippen molar-refractivity contribution in [1.82, 2.24) is 16.2 Å². The normalized spacial score (nSPS) is 9.29. The summed E-state index contributed by atoms with van der Waals surface area (Å²) in [6, 6.07) is 7.71. The first-order chi connectivity index (χ1) is 8.11. The molecule has 0 heterocycles. The first kappa shape index (κ1) is 14.1. The van der Waals surface area contributed by atoms with Crippen molar-refractivity contribution >= 4 is 56.3 Å². The highest BCUT2D eigenvalue weighted by Crippen LogP contribution is 2.15. The van der Waals surface area contributed by atoms with Gasteiger partial charge in [0.15, 0.2) is 10.2 Å². The Labute approximate surface area is 120 Å². The van der Waals surface area contributed by atoms with E-state index in [0.29, 0.717) is 10.2 Å². The van der Waals surface area contributed by atoms with Crippen LogP contribution < -0.4 is 21.5 Å². The lowest BCUT2D eigenvalue weighted by Gasteiger charge is -2.13. The van der Waals surface area contributed by atoms with Gasteiger partial charge in [-0.1, -0.05) is 22.0 Å². The number of thiocarbonyl (C=S) groups is 2. The van der Waals surface area contributed by atoms with Gasteiger partial charge in [-0.3, -0.25) is 10.9 Å². The second kappa shape index (κ2) is 7.41. The predicted molar refractivity (Wildman–Crippen MR) is 82.9 cm³/mol. The van der Waals surface area contributed by atoms with Crippen LogP contribution in [0.25, 0.3) is 0 Å². The highest BCUT2D eigenvalue weighted by Gasteiger charge is 1.98. The summed E-state index contributed by atoms with van der Waals surface area (Å²) in [6.45, 7) is 2.73. The van der Waals surface area contributed by atoms with Crippen molar-refractivity contribution in [2.24, 2.45) is 0 Å². The van der Waals surface area contributed by atoms with Crippen molar-refractivity contribution in [3.63, 3.8) is 0 Å². The van der Waals surface area contributed by atoms with E-state index in [0.717, 1.165) is 16.7 Å². The van der Waals surface area contributed by atoms with E-state index in [9.17, 15) is 0 Å². The van der Waals surface area contributed by atoms with E-state index in [1.807, 2.05) is 31.2 Å². The summed E-state index contributed by atoms with van der Waals surface area (Å²) in [5, 5.41) is 6.91. The van der Waals surface area contributed by atoms with E-state index in [-0.39, 0.29) is 0 Å². The molecule has 1 aromatic carbocycles. The van der Waals surface area contributed by atoms with E-state index in [1.165, 1.54) is 0 Å². The van der Waals surface area contributed by atoms with E-state index < -0.39 is 0 Å². The molecule has 0 radical (unpaired) electrons. The van der Waals surface area contributed by atoms with Crippen molar-refractivity contribution < 1.29 is 0 Å². The molecule has 1 rings (SSSR count). The monoisotopic (exact) mass is 332 g/mol. The fourth-order valence-electron chi connectivity index (χ4n) is 1.05. The summed E-state index contributed by atoms with van der Waals surface area (Å²) >= 11 is 13.5. The average molecular weight is 333 g/mol. The maximum absolute atomic E-state index is 5.09. The number of hydrazine groups is 1. The zero-order chi connectivity index (χ0) is 12.7. The molecule has 0 aliphatic heterocycles. The van der Waals surface area contributed by atoms with E-state index in [4.69, 9.17) is 24.4 Å². The Kier molecular flexibility index (Phi) is 6.17. The number of halogens is 1. The van der Waals surface area contributed by atoms with Crippen molar-refractivity contribution in [1.29, 1.82) is 0 Å². The molecule has 0 amide bonds. The van der Waals surface area contributed by atoms with E-state index >= 15 is 0 Å². The SMILES string of the molecule is CCNC(=S)NNC(=S)Nc1cccc(Br)c1. The van der Waals surface area contributed by atoms with Crippen LogP contribution in [0.5, 0.6) is 0 Å². The summed E-state index contributed by atoms with van der Waals surface area (Å²) in [7, 11) is 0. The second-order valence-corrected chi connectivity index (χ2v) is 4.81. The van der Waals surface area contributed by atoms with Crippen LogP contribution in [-0.2, 0) is 0 Å². The summed E-state index contributed by atoms with van der Waals surface area (Å²) in [5.74, 6) is 0. The minimum Gasteiger partial charge on any atom is -0.362 e. The van der Waals surface area contributed by atoms with Crippen LogP contribution in [0.15, 0.2) is 28.7 Å². The van der Waals surface area contributed by atoms with Crippen LogP contribution in [0.3, 0.4) is 0 Å². The van der Waals surface area contributed by atoms with Gasteiger partial charge in [0.05, 0.1) is 0 Å². The van der Waals surface area contributed by atoms with Gasteiger partial charge in [-0.2, -0.15) is 0 Å². The quantitative estimate of drug-likeness (QED) is 0.491. The second-order valence-electron chi connectivity index (χ2n) is 3.07. The zero-order valence-electron chi connectivity index (χ0n) is 9.21. The van der Waals surface area contributed by atoms with Crippen molar-refractivity contribution in [2.75, 3.05) is 11.9 Å². The van der Waals surface area contributed by atoms with Gasteiger partial charge in [0.25, 0.3) is 0 Å². The van der Waals surface area contributed by atoms with Gasteiger partial charge in [0, 0.05) is 16.7 Å². The maximum atomic E-state index is 5.09.